The van der Waals surface area contributed by atoms with Crippen molar-refractivity contribution in [3.05, 3.63) is 0 Å². The summed E-state index contributed by atoms with van der Waals surface area (Å²) in [6, 6.07) is 0.844. The highest BCUT2D eigenvalue weighted by atomic mass is 16.2. The summed E-state index contributed by atoms with van der Waals surface area (Å²) in [4.78, 5) is 14.5. The van der Waals surface area contributed by atoms with Crippen LogP contribution in [0.1, 0.15) is 78.1 Å². The summed E-state index contributed by atoms with van der Waals surface area (Å²) in [5, 5.41) is 0. The van der Waals surface area contributed by atoms with Gasteiger partial charge in [0.25, 0.3) is 0 Å². The van der Waals surface area contributed by atoms with Crippen molar-refractivity contribution < 1.29 is 4.79 Å². The molecular formula is C18H34N2O. The Balaban J connectivity index is 1.72. The van der Waals surface area contributed by atoms with Gasteiger partial charge in [-0.2, -0.15) is 0 Å². The first-order chi connectivity index (χ1) is 9.87. The lowest BCUT2D eigenvalue weighted by Crippen LogP contribution is -2.41. The molecule has 0 aromatic carbocycles. The normalized spacial score (nSPS) is 30.1. The van der Waals surface area contributed by atoms with Crippen molar-refractivity contribution in [1.82, 2.24) is 4.90 Å². The lowest BCUT2D eigenvalue weighted by molar-refractivity contribution is -0.133. The van der Waals surface area contributed by atoms with Gasteiger partial charge in [0.2, 0.25) is 5.91 Å². The van der Waals surface area contributed by atoms with Crippen LogP contribution in [-0.4, -0.2) is 29.9 Å². The second kappa shape index (κ2) is 7.13. The Labute approximate surface area is 130 Å². The largest absolute Gasteiger partial charge is 0.343 e. The maximum atomic E-state index is 12.4. The highest BCUT2D eigenvalue weighted by Gasteiger charge is 2.30. The van der Waals surface area contributed by atoms with Gasteiger partial charge in [-0.1, -0.05) is 26.7 Å². The molecule has 3 heteroatoms. The van der Waals surface area contributed by atoms with Crippen molar-refractivity contribution in [2.75, 3.05) is 7.05 Å². The van der Waals surface area contributed by atoms with Gasteiger partial charge in [0, 0.05) is 25.6 Å². The molecule has 2 unspecified atom stereocenters. The molecule has 0 aromatic heterocycles. The molecule has 0 spiro atoms. The Kier molecular flexibility index (Phi) is 5.70. The quantitative estimate of drug-likeness (QED) is 0.859. The molecule has 0 heterocycles. The number of hydrogen-bond acceptors (Lipinski definition) is 2. The molecule has 1 amide bonds. The molecule has 0 aliphatic heterocycles. The van der Waals surface area contributed by atoms with E-state index in [0.29, 0.717) is 35.7 Å². The van der Waals surface area contributed by atoms with Crippen molar-refractivity contribution in [2.45, 2.75) is 90.1 Å². The van der Waals surface area contributed by atoms with Crippen molar-refractivity contribution in [2.24, 2.45) is 17.1 Å². The van der Waals surface area contributed by atoms with Gasteiger partial charge in [0.05, 0.1) is 0 Å². The fourth-order valence-electron chi connectivity index (χ4n) is 4.07. The van der Waals surface area contributed by atoms with E-state index in [1.807, 2.05) is 11.9 Å². The van der Waals surface area contributed by atoms with E-state index in [-0.39, 0.29) is 0 Å². The highest BCUT2D eigenvalue weighted by Crippen LogP contribution is 2.37. The number of nitrogens with two attached hydrogens (primary N) is 1. The van der Waals surface area contributed by atoms with Crippen LogP contribution in [0.3, 0.4) is 0 Å². The van der Waals surface area contributed by atoms with E-state index in [1.54, 1.807) is 0 Å². The second-order valence-electron chi connectivity index (χ2n) is 8.23. The molecule has 2 atom stereocenters. The van der Waals surface area contributed by atoms with Gasteiger partial charge < -0.3 is 10.6 Å². The van der Waals surface area contributed by atoms with E-state index < -0.39 is 0 Å². The zero-order valence-corrected chi connectivity index (χ0v) is 14.2. The van der Waals surface area contributed by atoms with Gasteiger partial charge in [-0.15, -0.1) is 0 Å². The summed E-state index contributed by atoms with van der Waals surface area (Å²) in [5.41, 5.74) is 6.51. The molecule has 0 radical (unpaired) electrons. The van der Waals surface area contributed by atoms with Gasteiger partial charge in [-0.3, -0.25) is 4.79 Å². The highest BCUT2D eigenvalue weighted by molar-refractivity contribution is 5.76. The molecule has 2 rings (SSSR count). The third kappa shape index (κ3) is 4.98. The Morgan fingerprint density at radius 1 is 1.19 bits per heavy atom. The van der Waals surface area contributed by atoms with Crippen LogP contribution in [0.2, 0.25) is 0 Å². The number of carbonyl (C=O) groups is 1. The van der Waals surface area contributed by atoms with E-state index >= 15 is 0 Å². The molecule has 0 saturated heterocycles. The zero-order valence-electron chi connectivity index (χ0n) is 14.2. The van der Waals surface area contributed by atoms with Gasteiger partial charge >= 0.3 is 0 Å². The maximum Gasteiger partial charge on any atom is 0.222 e. The van der Waals surface area contributed by atoms with E-state index in [1.165, 1.54) is 44.9 Å². The van der Waals surface area contributed by atoms with E-state index in [9.17, 15) is 4.79 Å². The third-order valence-corrected chi connectivity index (χ3v) is 5.84. The lowest BCUT2D eigenvalue weighted by atomic mass is 9.75. The summed E-state index contributed by atoms with van der Waals surface area (Å²) in [6.45, 7) is 4.69. The number of carbonyl (C=O) groups excluding carboxylic acids is 1. The fraction of sp³-hybridized carbons (Fsp3) is 0.944. The van der Waals surface area contributed by atoms with E-state index in [2.05, 4.69) is 13.8 Å². The second-order valence-corrected chi connectivity index (χ2v) is 8.23. The van der Waals surface area contributed by atoms with Crippen molar-refractivity contribution >= 4 is 5.91 Å². The first-order valence-corrected chi connectivity index (χ1v) is 8.88. The van der Waals surface area contributed by atoms with Gasteiger partial charge in [-0.25, -0.2) is 0 Å². The maximum absolute atomic E-state index is 12.4. The van der Waals surface area contributed by atoms with Crippen LogP contribution in [0.5, 0.6) is 0 Å². The molecule has 122 valence electrons. The fourth-order valence-corrected chi connectivity index (χ4v) is 4.07. The molecule has 2 N–H and O–H groups in total. The van der Waals surface area contributed by atoms with Crippen LogP contribution in [0, 0.1) is 11.3 Å². The van der Waals surface area contributed by atoms with Crippen molar-refractivity contribution in [1.29, 1.82) is 0 Å². The Morgan fingerprint density at radius 2 is 1.86 bits per heavy atom. The minimum absolute atomic E-state index is 0.346. The zero-order chi connectivity index (χ0) is 15.5. The first kappa shape index (κ1) is 16.8. The first-order valence-electron chi connectivity index (χ1n) is 8.88. The number of rotatable bonds is 4. The molecule has 2 aliphatic rings. The predicted octanol–water partition coefficient (Wildman–Crippen LogP) is 3.71. The Bertz CT molecular complexity index is 343. The summed E-state index contributed by atoms with van der Waals surface area (Å²) in [6.07, 6.45) is 11.4. The van der Waals surface area contributed by atoms with Crippen LogP contribution >= 0.6 is 0 Å². The van der Waals surface area contributed by atoms with E-state index in [0.717, 1.165) is 12.8 Å². The summed E-state index contributed by atoms with van der Waals surface area (Å²) in [7, 11) is 2.01. The number of amides is 1. The minimum atomic E-state index is 0.346. The molecule has 21 heavy (non-hydrogen) atoms. The molecule has 3 nitrogen and oxygen atoms in total. The lowest BCUT2D eigenvalue weighted by Gasteiger charge is -2.38. The number of nitrogens with zero attached hydrogens (tertiary/aromatic N) is 1. The Morgan fingerprint density at radius 3 is 2.48 bits per heavy atom. The van der Waals surface area contributed by atoms with Crippen LogP contribution in [0.25, 0.3) is 0 Å². The Hall–Kier alpha value is -0.570. The smallest absolute Gasteiger partial charge is 0.222 e. The third-order valence-electron chi connectivity index (χ3n) is 5.84. The average Bonchev–Trinajstić information content (AvgIpc) is 2.44. The van der Waals surface area contributed by atoms with Crippen LogP contribution < -0.4 is 5.73 Å². The molecule has 2 aliphatic carbocycles. The van der Waals surface area contributed by atoms with Crippen molar-refractivity contribution in [3.63, 3.8) is 0 Å². The minimum Gasteiger partial charge on any atom is -0.343 e. The molecular weight excluding hydrogens is 260 g/mol. The summed E-state index contributed by atoms with van der Waals surface area (Å²) < 4.78 is 0. The SMILES string of the molecule is CN(C(=O)CCC1CCCC(N)C1)C1CCC(C)(C)CC1. The van der Waals surface area contributed by atoms with Gasteiger partial charge in [0.1, 0.15) is 0 Å². The average molecular weight is 294 g/mol. The molecule has 2 saturated carbocycles. The van der Waals surface area contributed by atoms with Crippen LogP contribution in [0.4, 0.5) is 0 Å². The summed E-state index contributed by atoms with van der Waals surface area (Å²) >= 11 is 0. The number of hydrogen-bond donors (Lipinski definition) is 1. The molecule has 0 aromatic rings. The van der Waals surface area contributed by atoms with Crippen LogP contribution in [0.15, 0.2) is 0 Å². The van der Waals surface area contributed by atoms with E-state index in [4.69, 9.17) is 5.73 Å². The molecule has 0 bridgehead atoms. The van der Waals surface area contributed by atoms with Crippen molar-refractivity contribution in [3.8, 4) is 0 Å². The topological polar surface area (TPSA) is 46.3 Å². The van der Waals surface area contributed by atoms with Gasteiger partial charge in [-0.05, 0) is 56.3 Å². The predicted molar refractivity (Wildman–Crippen MR) is 88.0 cm³/mol. The summed E-state index contributed by atoms with van der Waals surface area (Å²) in [5.74, 6) is 1.02. The standard InChI is InChI=1S/C18H34N2O/c1-18(2)11-9-16(10-12-18)20(3)17(21)8-7-14-5-4-6-15(19)13-14/h14-16H,4-13,19H2,1-3H3. The van der Waals surface area contributed by atoms with Crippen LogP contribution in [-0.2, 0) is 4.79 Å². The van der Waals surface area contributed by atoms with Gasteiger partial charge in [0.15, 0.2) is 0 Å². The molecule has 2 fully saturated rings. The monoisotopic (exact) mass is 294 g/mol.